The van der Waals surface area contributed by atoms with Crippen LogP contribution in [0.5, 0.6) is 11.5 Å². The first-order chi connectivity index (χ1) is 16.6. The van der Waals surface area contributed by atoms with Crippen LogP contribution in [-0.4, -0.2) is 35.7 Å². The number of piperidine rings is 1. The van der Waals surface area contributed by atoms with Crippen molar-refractivity contribution in [2.24, 2.45) is 0 Å². The number of nitrogens with one attached hydrogen (secondary N) is 1. The lowest BCUT2D eigenvalue weighted by Gasteiger charge is -2.34. The number of nitrogens with zero attached hydrogens (tertiary/aromatic N) is 2. The molecule has 0 bridgehead atoms. The van der Waals surface area contributed by atoms with E-state index >= 15 is 0 Å². The second-order valence-corrected chi connectivity index (χ2v) is 10.7. The molecule has 1 atom stereocenters. The molecule has 1 aliphatic carbocycles. The van der Waals surface area contributed by atoms with E-state index in [2.05, 4.69) is 21.3 Å². The highest BCUT2D eigenvalue weighted by atomic mass is 35.5. The number of rotatable bonds is 6. The normalized spacial score (nSPS) is 19.6. The molecule has 2 fully saturated rings. The number of halogens is 1. The topological polar surface area (TPSA) is 63.7 Å². The molecule has 1 unspecified atom stereocenters. The Morgan fingerprint density at radius 2 is 1.91 bits per heavy atom. The molecule has 8 heteroatoms. The number of amides is 1. The zero-order chi connectivity index (χ0) is 23.1. The van der Waals surface area contributed by atoms with Crippen molar-refractivity contribution in [2.75, 3.05) is 25.2 Å². The highest BCUT2D eigenvalue weighted by molar-refractivity contribution is 7.15. The lowest BCUT2D eigenvalue weighted by Crippen LogP contribution is -2.34. The van der Waals surface area contributed by atoms with Gasteiger partial charge in [-0.05, 0) is 74.2 Å². The van der Waals surface area contributed by atoms with E-state index in [0.29, 0.717) is 10.9 Å². The minimum Gasteiger partial charge on any atom is -0.454 e. The van der Waals surface area contributed by atoms with Crippen molar-refractivity contribution in [1.29, 1.82) is 0 Å². The van der Waals surface area contributed by atoms with Crippen LogP contribution in [0, 0.1) is 0 Å². The third-order valence-corrected chi connectivity index (χ3v) is 8.24. The number of likely N-dealkylation sites (tertiary alicyclic amines) is 1. The Labute approximate surface area is 207 Å². The Bertz CT molecular complexity index is 1220. The van der Waals surface area contributed by atoms with Crippen LogP contribution < -0.4 is 14.8 Å². The second-order valence-electron chi connectivity index (χ2n) is 9.23. The van der Waals surface area contributed by atoms with Gasteiger partial charge in [0.2, 0.25) is 12.7 Å². The molecular formula is C26H26ClN3O3S. The predicted octanol–water partition coefficient (Wildman–Crippen LogP) is 5.77. The fraction of sp³-hybridized carbons (Fsp3) is 0.385. The predicted molar refractivity (Wildman–Crippen MR) is 133 cm³/mol. The maximum absolute atomic E-state index is 13.3. The molecule has 0 radical (unpaired) electrons. The molecule has 1 amide bonds. The van der Waals surface area contributed by atoms with Crippen LogP contribution in [0.4, 0.5) is 5.13 Å². The number of carbonyl (C=O) groups is 1. The average Bonchev–Trinajstić information content (AvgIpc) is 3.32. The van der Waals surface area contributed by atoms with E-state index < -0.39 is 5.41 Å². The summed E-state index contributed by atoms with van der Waals surface area (Å²) in [6.45, 7) is 2.32. The molecule has 6 nitrogen and oxygen atoms in total. The van der Waals surface area contributed by atoms with Crippen molar-refractivity contribution in [3.05, 3.63) is 69.7 Å². The lowest BCUT2D eigenvalue weighted by molar-refractivity contribution is -0.118. The summed E-state index contributed by atoms with van der Waals surface area (Å²) >= 11 is 7.89. The fourth-order valence-electron chi connectivity index (χ4n) is 5.06. The number of anilines is 1. The number of carbonyl (C=O) groups excluding carboxylic acids is 1. The van der Waals surface area contributed by atoms with E-state index in [-0.39, 0.29) is 18.7 Å². The van der Waals surface area contributed by atoms with Gasteiger partial charge in [-0.15, -0.1) is 0 Å². The first-order valence-corrected chi connectivity index (χ1v) is 13.0. The number of ether oxygens (including phenoxy) is 2. The Morgan fingerprint density at radius 1 is 1.09 bits per heavy atom. The average molecular weight is 496 g/mol. The van der Waals surface area contributed by atoms with E-state index in [0.717, 1.165) is 52.7 Å². The van der Waals surface area contributed by atoms with Crippen molar-refractivity contribution >= 4 is 34.0 Å². The molecule has 3 heterocycles. The summed E-state index contributed by atoms with van der Waals surface area (Å²) in [7, 11) is 0. The Kier molecular flexibility index (Phi) is 5.71. The largest absolute Gasteiger partial charge is 0.454 e. The van der Waals surface area contributed by atoms with Gasteiger partial charge in [0, 0.05) is 16.1 Å². The van der Waals surface area contributed by atoms with E-state index in [9.17, 15) is 4.79 Å². The number of benzene rings is 2. The summed E-state index contributed by atoms with van der Waals surface area (Å²) in [5.74, 6) is 1.43. The summed E-state index contributed by atoms with van der Waals surface area (Å²) in [6.07, 6.45) is 7.19. The summed E-state index contributed by atoms with van der Waals surface area (Å²) < 4.78 is 10.9. The lowest BCUT2D eigenvalue weighted by atomic mass is 9.94. The Morgan fingerprint density at radius 3 is 2.71 bits per heavy atom. The SMILES string of the molecule is O=C(Nc1ncc(C(c2cccc(Cl)c2)N2CCCCC2)s1)C1(c2ccc3c(c2)OCO3)CC1. The Hall–Kier alpha value is -2.61. The van der Waals surface area contributed by atoms with Crippen LogP contribution in [0.25, 0.3) is 0 Å². The van der Waals surface area contributed by atoms with Gasteiger partial charge in [-0.1, -0.05) is 47.6 Å². The van der Waals surface area contributed by atoms with Crippen LogP contribution >= 0.6 is 22.9 Å². The molecule has 2 aromatic carbocycles. The van der Waals surface area contributed by atoms with Crippen LogP contribution in [0.1, 0.15) is 54.1 Å². The fourth-order valence-corrected chi connectivity index (χ4v) is 6.24. The van der Waals surface area contributed by atoms with Crippen molar-refractivity contribution in [1.82, 2.24) is 9.88 Å². The van der Waals surface area contributed by atoms with Gasteiger partial charge >= 0.3 is 0 Å². The van der Waals surface area contributed by atoms with Crippen molar-refractivity contribution < 1.29 is 14.3 Å². The van der Waals surface area contributed by atoms with Crippen molar-refractivity contribution in [3.8, 4) is 11.5 Å². The molecule has 3 aromatic rings. The molecule has 3 aliphatic rings. The quantitative estimate of drug-likeness (QED) is 0.470. The van der Waals surface area contributed by atoms with Gasteiger partial charge in [-0.2, -0.15) is 0 Å². The van der Waals surface area contributed by atoms with Crippen LogP contribution in [-0.2, 0) is 10.2 Å². The molecule has 2 aliphatic heterocycles. The molecular weight excluding hydrogens is 470 g/mol. The maximum atomic E-state index is 13.3. The molecule has 1 saturated heterocycles. The molecule has 34 heavy (non-hydrogen) atoms. The van der Waals surface area contributed by atoms with E-state index in [1.807, 2.05) is 42.6 Å². The molecule has 1 aromatic heterocycles. The van der Waals surface area contributed by atoms with Gasteiger partial charge in [0.1, 0.15) is 0 Å². The van der Waals surface area contributed by atoms with Gasteiger partial charge in [0.05, 0.1) is 11.5 Å². The number of hydrogen-bond donors (Lipinski definition) is 1. The van der Waals surface area contributed by atoms with Crippen molar-refractivity contribution in [3.63, 3.8) is 0 Å². The van der Waals surface area contributed by atoms with E-state index in [1.165, 1.54) is 19.3 Å². The number of aromatic nitrogens is 1. The number of hydrogen-bond acceptors (Lipinski definition) is 6. The minimum absolute atomic E-state index is 0.00968. The van der Waals surface area contributed by atoms with Crippen LogP contribution in [0.2, 0.25) is 5.02 Å². The minimum atomic E-state index is -0.522. The van der Waals surface area contributed by atoms with Crippen LogP contribution in [0.15, 0.2) is 48.7 Å². The molecule has 1 N–H and O–H groups in total. The van der Waals surface area contributed by atoms with E-state index in [1.54, 1.807) is 11.3 Å². The monoisotopic (exact) mass is 495 g/mol. The Balaban J connectivity index is 1.24. The highest BCUT2D eigenvalue weighted by Gasteiger charge is 2.52. The maximum Gasteiger partial charge on any atom is 0.236 e. The molecule has 0 spiro atoms. The first kappa shape index (κ1) is 21.9. The highest BCUT2D eigenvalue weighted by Crippen LogP contribution is 2.51. The summed E-state index contributed by atoms with van der Waals surface area (Å²) in [5, 5.41) is 4.47. The smallest absolute Gasteiger partial charge is 0.236 e. The van der Waals surface area contributed by atoms with Crippen molar-refractivity contribution in [2.45, 2.75) is 43.6 Å². The third kappa shape index (κ3) is 4.06. The third-order valence-electron chi connectivity index (χ3n) is 7.04. The van der Waals surface area contributed by atoms with Gasteiger partial charge in [-0.3, -0.25) is 9.69 Å². The molecule has 6 rings (SSSR count). The van der Waals surface area contributed by atoms with E-state index in [4.69, 9.17) is 21.1 Å². The second kappa shape index (κ2) is 8.87. The zero-order valence-electron chi connectivity index (χ0n) is 18.8. The van der Waals surface area contributed by atoms with Gasteiger partial charge in [0.25, 0.3) is 0 Å². The zero-order valence-corrected chi connectivity index (χ0v) is 20.3. The standard InChI is InChI=1S/C26H26ClN3O3S/c27-19-6-4-5-17(13-19)23(30-11-2-1-3-12-30)22-15-28-25(34-22)29-24(31)26(9-10-26)18-7-8-20-21(14-18)33-16-32-20/h4-8,13-15,23H,1-3,9-12,16H2,(H,28,29,31). The summed E-state index contributed by atoms with van der Waals surface area (Å²) in [6, 6.07) is 14.0. The van der Waals surface area contributed by atoms with Gasteiger partial charge < -0.3 is 14.8 Å². The number of fused-ring (bicyclic) bond motifs is 1. The van der Waals surface area contributed by atoms with Gasteiger partial charge in [-0.25, -0.2) is 4.98 Å². The van der Waals surface area contributed by atoms with Gasteiger partial charge in [0.15, 0.2) is 16.6 Å². The molecule has 176 valence electrons. The summed E-state index contributed by atoms with van der Waals surface area (Å²) in [4.78, 5) is 21.6. The first-order valence-electron chi connectivity index (χ1n) is 11.8. The number of thiazole rings is 1. The molecule has 1 saturated carbocycles. The van der Waals surface area contributed by atoms with Crippen LogP contribution in [0.3, 0.4) is 0 Å². The summed E-state index contributed by atoms with van der Waals surface area (Å²) in [5.41, 5.74) is 1.61.